The van der Waals surface area contributed by atoms with Gasteiger partial charge in [0.05, 0.1) is 0 Å². The third-order valence-electron chi connectivity index (χ3n) is 5.09. The molecule has 3 heteroatoms. The average molecular weight is 333 g/mol. The fraction of sp³-hybridized carbons (Fsp3) is 0.667. The lowest BCUT2D eigenvalue weighted by Crippen LogP contribution is -2.38. The van der Waals surface area contributed by atoms with Gasteiger partial charge in [0.1, 0.15) is 0 Å². The lowest BCUT2D eigenvalue weighted by Gasteiger charge is -2.33. The molecule has 0 aromatic heterocycles. The molecule has 0 spiro atoms. The lowest BCUT2D eigenvalue weighted by atomic mass is 9.76. The highest BCUT2D eigenvalue weighted by Crippen LogP contribution is 2.32. The zero-order chi connectivity index (χ0) is 18.2. The normalized spacial score (nSPS) is 14.2. The Bertz CT molecular complexity index is 478. The lowest BCUT2D eigenvalue weighted by molar-refractivity contribution is -0.134. The van der Waals surface area contributed by atoms with Crippen molar-refractivity contribution in [2.24, 2.45) is 17.1 Å². The third kappa shape index (κ3) is 6.64. The molecule has 0 fully saturated rings. The predicted molar refractivity (Wildman–Crippen MR) is 103 cm³/mol. The van der Waals surface area contributed by atoms with Gasteiger partial charge in [-0.1, -0.05) is 58.0 Å². The molecule has 0 aliphatic heterocycles. The second-order valence-corrected chi connectivity index (χ2v) is 7.94. The van der Waals surface area contributed by atoms with Crippen LogP contribution >= 0.6 is 0 Å². The molecule has 0 radical (unpaired) electrons. The Balaban J connectivity index is 2.74. The van der Waals surface area contributed by atoms with Crippen LogP contribution in [0.15, 0.2) is 30.3 Å². The van der Waals surface area contributed by atoms with Crippen LogP contribution in [0.2, 0.25) is 0 Å². The summed E-state index contributed by atoms with van der Waals surface area (Å²) in [7, 11) is 0. The molecule has 2 N–H and O–H groups in total. The Morgan fingerprint density at radius 3 is 2.29 bits per heavy atom. The van der Waals surface area contributed by atoms with Crippen molar-refractivity contribution < 1.29 is 4.79 Å². The van der Waals surface area contributed by atoms with E-state index in [4.69, 9.17) is 5.73 Å². The molecule has 0 bridgehead atoms. The van der Waals surface area contributed by atoms with Gasteiger partial charge in [0.15, 0.2) is 0 Å². The minimum atomic E-state index is 0.195. The highest BCUT2D eigenvalue weighted by atomic mass is 16.2. The third-order valence-corrected chi connectivity index (χ3v) is 5.09. The summed E-state index contributed by atoms with van der Waals surface area (Å²) < 4.78 is 0. The van der Waals surface area contributed by atoms with Crippen LogP contribution in [0.1, 0.15) is 65.9 Å². The molecule has 0 saturated carbocycles. The van der Waals surface area contributed by atoms with Crippen molar-refractivity contribution in [3.05, 3.63) is 35.9 Å². The molecule has 136 valence electrons. The zero-order valence-corrected chi connectivity index (χ0v) is 16.2. The van der Waals surface area contributed by atoms with Crippen molar-refractivity contribution in [3.63, 3.8) is 0 Å². The quantitative estimate of drug-likeness (QED) is 0.718. The van der Waals surface area contributed by atoms with Crippen LogP contribution in [0.25, 0.3) is 0 Å². The Hall–Kier alpha value is -1.35. The number of hydrogen-bond donors (Lipinski definition) is 1. The smallest absolute Gasteiger partial charge is 0.223 e. The highest BCUT2D eigenvalue weighted by molar-refractivity contribution is 5.76. The Labute approximate surface area is 148 Å². The number of amides is 1. The van der Waals surface area contributed by atoms with Gasteiger partial charge in [0, 0.05) is 19.0 Å². The number of hydrogen-bond acceptors (Lipinski definition) is 2. The van der Waals surface area contributed by atoms with Crippen LogP contribution in [-0.2, 0) is 11.3 Å². The van der Waals surface area contributed by atoms with Crippen LogP contribution in [0.4, 0.5) is 0 Å². The van der Waals surface area contributed by atoms with Crippen LogP contribution in [0.5, 0.6) is 0 Å². The van der Waals surface area contributed by atoms with Crippen molar-refractivity contribution >= 4 is 5.91 Å². The van der Waals surface area contributed by atoms with Gasteiger partial charge < -0.3 is 10.6 Å². The number of nitrogens with zero attached hydrogens (tertiary/aromatic N) is 1. The zero-order valence-electron chi connectivity index (χ0n) is 16.2. The van der Waals surface area contributed by atoms with Gasteiger partial charge in [-0.15, -0.1) is 0 Å². The summed E-state index contributed by atoms with van der Waals surface area (Å²) in [6, 6.07) is 10.5. The Morgan fingerprint density at radius 2 is 1.79 bits per heavy atom. The molecule has 1 rings (SSSR count). The molecule has 0 aliphatic carbocycles. The van der Waals surface area contributed by atoms with Gasteiger partial charge in [-0.2, -0.15) is 0 Å². The molecule has 3 nitrogen and oxygen atoms in total. The van der Waals surface area contributed by atoms with E-state index in [1.165, 1.54) is 5.56 Å². The van der Waals surface area contributed by atoms with Crippen molar-refractivity contribution in [3.8, 4) is 0 Å². The minimum absolute atomic E-state index is 0.195. The molecular weight excluding hydrogens is 296 g/mol. The largest absolute Gasteiger partial charge is 0.336 e. The number of rotatable bonds is 9. The van der Waals surface area contributed by atoms with Gasteiger partial charge >= 0.3 is 0 Å². The molecule has 1 amide bonds. The van der Waals surface area contributed by atoms with E-state index < -0.39 is 0 Å². The molecule has 1 aromatic rings. The number of benzene rings is 1. The van der Waals surface area contributed by atoms with Gasteiger partial charge in [0.25, 0.3) is 0 Å². The van der Waals surface area contributed by atoms with E-state index in [-0.39, 0.29) is 17.4 Å². The van der Waals surface area contributed by atoms with E-state index in [2.05, 4.69) is 46.8 Å². The fourth-order valence-corrected chi connectivity index (χ4v) is 3.14. The maximum Gasteiger partial charge on any atom is 0.223 e. The summed E-state index contributed by atoms with van der Waals surface area (Å²) in [5, 5.41) is 0. The van der Waals surface area contributed by atoms with Crippen molar-refractivity contribution in [1.82, 2.24) is 4.90 Å². The number of nitrogens with two attached hydrogens (primary N) is 1. The van der Waals surface area contributed by atoms with Crippen molar-refractivity contribution in [2.45, 2.75) is 72.9 Å². The van der Waals surface area contributed by atoms with Gasteiger partial charge in [0.2, 0.25) is 5.91 Å². The second-order valence-electron chi connectivity index (χ2n) is 7.94. The van der Waals surface area contributed by atoms with E-state index in [1.54, 1.807) is 0 Å². The summed E-state index contributed by atoms with van der Waals surface area (Å²) in [6.07, 6.45) is 3.49. The topological polar surface area (TPSA) is 46.3 Å². The summed E-state index contributed by atoms with van der Waals surface area (Å²) in [5.74, 6) is 0.751. The standard InChI is InChI=1S/C21H36N2O/c1-6-17(2)23(16-18-10-8-7-9-11-18)20(24)13-12-19(14-15-22)21(3,4)5/h7-11,17,19H,6,12-16,22H2,1-5H3. The first-order chi connectivity index (χ1) is 11.3. The molecule has 0 saturated heterocycles. The van der Waals surface area contributed by atoms with Crippen LogP contribution in [0, 0.1) is 11.3 Å². The molecule has 1 aromatic carbocycles. The summed E-state index contributed by atoms with van der Waals surface area (Å²) in [5.41, 5.74) is 7.16. The summed E-state index contributed by atoms with van der Waals surface area (Å²) >= 11 is 0. The molecule has 2 unspecified atom stereocenters. The van der Waals surface area contributed by atoms with E-state index >= 15 is 0 Å². The van der Waals surface area contributed by atoms with E-state index in [9.17, 15) is 4.79 Å². The molecule has 0 heterocycles. The second kappa shape index (κ2) is 9.83. The first-order valence-electron chi connectivity index (χ1n) is 9.33. The van der Waals surface area contributed by atoms with E-state index in [0.717, 1.165) is 19.3 Å². The predicted octanol–water partition coefficient (Wildman–Crippen LogP) is 4.61. The van der Waals surface area contributed by atoms with Crippen LogP contribution in [0.3, 0.4) is 0 Å². The summed E-state index contributed by atoms with van der Waals surface area (Å²) in [6.45, 7) is 12.4. The van der Waals surface area contributed by atoms with E-state index in [0.29, 0.717) is 25.4 Å². The fourth-order valence-electron chi connectivity index (χ4n) is 3.14. The SMILES string of the molecule is CCC(C)N(Cc1ccccc1)C(=O)CCC(CCN)C(C)(C)C. The maximum absolute atomic E-state index is 12.9. The number of carbonyl (C=O) groups is 1. The minimum Gasteiger partial charge on any atom is -0.336 e. The molecule has 0 aliphatic rings. The van der Waals surface area contributed by atoms with Gasteiger partial charge in [-0.05, 0) is 49.6 Å². The number of carbonyl (C=O) groups excluding carboxylic acids is 1. The van der Waals surface area contributed by atoms with Crippen molar-refractivity contribution in [2.75, 3.05) is 6.54 Å². The van der Waals surface area contributed by atoms with E-state index in [1.807, 2.05) is 23.1 Å². The molecule has 2 atom stereocenters. The average Bonchev–Trinajstić information content (AvgIpc) is 2.55. The highest BCUT2D eigenvalue weighted by Gasteiger charge is 2.26. The van der Waals surface area contributed by atoms with Crippen LogP contribution < -0.4 is 5.73 Å². The first kappa shape index (κ1) is 20.7. The van der Waals surface area contributed by atoms with Crippen LogP contribution in [-0.4, -0.2) is 23.4 Å². The first-order valence-corrected chi connectivity index (χ1v) is 9.33. The Morgan fingerprint density at radius 1 is 1.17 bits per heavy atom. The Kier molecular flexibility index (Phi) is 8.47. The maximum atomic E-state index is 12.9. The molecule has 24 heavy (non-hydrogen) atoms. The van der Waals surface area contributed by atoms with Crippen molar-refractivity contribution in [1.29, 1.82) is 0 Å². The molecular formula is C21H36N2O. The monoisotopic (exact) mass is 332 g/mol. The van der Waals surface area contributed by atoms with Gasteiger partial charge in [-0.25, -0.2) is 0 Å². The summed E-state index contributed by atoms with van der Waals surface area (Å²) in [4.78, 5) is 14.9. The van der Waals surface area contributed by atoms with Gasteiger partial charge in [-0.3, -0.25) is 4.79 Å².